The average Bonchev–Trinajstić information content (AvgIpc) is 2.70. The van der Waals surface area contributed by atoms with Gasteiger partial charge in [0.1, 0.15) is 5.82 Å². The van der Waals surface area contributed by atoms with Crippen LogP contribution in [0.5, 0.6) is 0 Å². The molecular weight excluding hydrogens is 275 g/mol. The molecule has 0 spiro atoms. The van der Waals surface area contributed by atoms with Gasteiger partial charge in [-0.1, -0.05) is 18.2 Å². The molecule has 2 heterocycles. The van der Waals surface area contributed by atoms with Crippen LogP contribution in [0.4, 0.5) is 10.1 Å². The molecule has 3 heteroatoms. The normalized spacial score (nSPS) is 23.4. The molecule has 22 heavy (non-hydrogen) atoms. The van der Waals surface area contributed by atoms with Crippen molar-refractivity contribution in [1.82, 2.24) is 5.32 Å². The van der Waals surface area contributed by atoms with Gasteiger partial charge in [0.25, 0.3) is 0 Å². The quantitative estimate of drug-likeness (QED) is 0.829. The van der Waals surface area contributed by atoms with Gasteiger partial charge in [0.15, 0.2) is 0 Å². The molecular formula is C19H21FN2. The van der Waals surface area contributed by atoms with E-state index in [1.54, 1.807) is 12.1 Å². The molecule has 0 bridgehead atoms. The minimum Gasteiger partial charge on any atom is -0.381 e. The number of halogens is 1. The van der Waals surface area contributed by atoms with Crippen LogP contribution in [-0.4, -0.2) is 19.1 Å². The molecule has 0 amide bonds. The predicted molar refractivity (Wildman–Crippen MR) is 88.8 cm³/mol. The second-order valence-corrected chi connectivity index (χ2v) is 6.41. The van der Waals surface area contributed by atoms with Crippen molar-refractivity contribution in [1.29, 1.82) is 0 Å². The Morgan fingerprint density at radius 1 is 1.05 bits per heavy atom. The zero-order chi connectivity index (χ0) is 15.1. The lowest BCUT2D eigenvalue weighted by Gasteiger charge is -2.19. The summed E-state index contributed by atoms with van der Waals surface area (Å²) in [6.45, 7) is 4.14. The molecule has 0 aromatic heterocycles. The lowest BCUT2D eigenvalue weighted by molar-refractivity contribution is 0.579. The minimum absolute atomic E-state index is 0.163. The van der Waals surface area contributed by atoms with E-state index in [4.69, 9.17) is 0 Å². The Kier molecular flexibility index (Phi) is 3.38. The fourth-order valence-electron chi connectivity index (χ4n) is 4.02. The number of hydrogen-bond acceptors (Lipinski definition) is 2. The number of hydrogen-bond donors (Lipinski definition) is 2. The summed E-state index contributed by atoms with van der Waals surface area (Å²) in [5, 5.41) is 7.20. The van der Waals surface area contributed by atoms with E-state index in [2.05, 4.69) is 28.8 Å². The summed E-state index contributed by atoms with van der Waals surface area (Å²) in [6.07, 6.45) is 2.31. The third-order valence-corrected chi connectivity index (χ3v) is 5.05. The highest BCUT2D eigenvalue weighted by atomic mass is 19.1. The number of aryl methyl sites for hydroxylation is 1. The van der Waals surface area contributed by atoms with Gasteiger partial charge in [-0.2, -0.15) is 0 Å². The molecule has 0 aliphatic carbocycles. The number of rotatable bonds is 1. The van der Waals surface area contributed by atoms with Crippen LogP contribution in [0, 0.1) is 12.7 Å². The van der Waals surface area contributed by atoms with Gasteiger partial charge in [-0.15, -0.1) is 0 Å². The standard InChI is InChI=1S/C19H21FN2/c1-12-11-13(20)5-6-14(12)15-3-2-4-18-19(15)16-7-9-21-10-8-17(16)22-18/h2-6,11,16-17,21-22H,7-10H2,1H3/t16-,17-/m0/s1. The van der Waals surface area contributed by atoms with E-state index >= 15 is 0 Å². The largest absolute Gasteiger partial charge is 0.381 e. The maximum atomic E-state index is 13.4. The Morgan fingerprint density at radius 3 is 2.77 bits per heavy atom. The van der Waals surface area contributed by atoms with Crippen LogP contribution >= 0.6 is 0 Å². The summed E-state index contributed by atoms with van der Waals surface area (Å²) in [5.74, 6) is 0.383. The topological polar surface area (TPSA) is 24.1 Å². The molecule has 2 nitrogen and oxygen atoms in total. The summed E-state index contributed by atoms with van der Waals surface area (Å²) in [6, 6.07) is 12.1. The van der Waals surface area contributed by atoms with Gasteiger partial charge in [0.2, 0.25) is 0 Å². The van der Waals surface area contributed by atoms with Gasteiger partial charge in [0.05, 0.1) is 0 Å². The van der Waals surface area contributed by atoms with E-state index in [1.807, 2.05) is 13.0 Å². The fraction of sp³-hybridized carbons (Fsp3) is 0.368. The van der Waals surface area contributed by atoms with Crippen LogP contribution in [0.2, 0.25) is 0 Å². The number of fused-ring (bicyclic) bond motifs is 3. The Morgan fingerprint density at radius 2 is 1.91 bits per heavy atom. The van der Waals surface area contributed by atoms with Gasteiger partial charge in [0, 0.05) is 17.6 Å². The molecule has 2 atom stereocenters. The molecule has 4 rings (SSSR count). The maximum absolute atomic E-state index is 13.4. The highest BCUT2D eigenvalue weighted by Crippen LogP contribution is 2.45. The van der Waals surface area contributed by atoms with E-state index in [0.717, 1.165) is 37.1 Å². The molecule has 0 unspecified atom stereocenters. The summed E-state index contributed by atoms with van der Waals surface area (Å²) in [7, 11) is 0. The van der Waals surface area contributed by atoms with Crippen molar-refractivity contribution in [3.63, 3.8) is 0 Å². The first-order valence-corrected chi connectivity index (χ1v) is 8.11. The van der Waals surface area contributed by atoms with Crippen molar-refractivity contribution in [2.75, 3.05) is 18.4 Å². The van der Waals surface area contributed by atoms with Crippen LogP contribution in [0.25, 0.3) is 11.1 Å². The monoisotopic (exact) mass is 296 g/mol. The van der Waals surface area contributed by atoms with Crippen molar-refractivity contribution in [2.24, 2.45) is 0 Å². The van der Waals surface area contributed by atoms with Crippen LogP contribution in [0.15, 0.2) is 36.4 Å². The molecule has 2 aromatic rings. The lowest BCUT2D eigenvalue weighted by atomic mass is 9.85. The average molecular weight is 296 g/mol. The Bertz CT molecular complexity index is 711. The number of nitrogens with one attached hydrogen (secondary N) is 2. The minimum atomic E-state index is -0.163. The zero-order valence-corrected chi connectivity index (χ0v) is 12.8. The first kappa shape index (κ1) is 13.8. The second kappa shape index (κ2) is 5.40. The first-order chi connectivity index (χ1) is 10.7. The molecule has 2 N–H and O–H groups in total. The molecule has 0 saturated carbocycles. The number of anilines is 1. The van der Waals surface area contributed by atoms with Gasteiger partial charge in [-0.25, -0.2) is 4.39 Å². The molecule has 2 aliphatic rings. The third-order valence-electron chi connectivity index (χ3n) is 5.05. The zero-order valence-electron chi connectivity index (χ0n) is 12.8. The van der Waals surface area contributed by atoms with E-state index in [1.165, 1.54) is 16.8 Å². The highest BCUT2D eigenvalue weighted by Gasteiger charge is 2.34. The summed E-state index contributed by atoms with van der Waals surface area (Å²) in [4.78, 5) is 0. The molecule has 0 radical (unpaired) electrons. The number of benzene rings is 2. The smallest absolute Gasteiger partial charge is 0.123 e. The second-order valence-electron chi connectivity index (χ2n) is 6.41. The first-order valence-electron chi connectivity index (χ1n) is 8.11. The van der Waals surface area contributed by atoms with Gasteiger partial charge >= 0.3 is 0 Å². The third kappa shape index (κ3) is 2.20. The summed E-state index contributed by atoms with van der Waals surface area (Å²) < 4.78 is 13.4. The van der Waals surface area contributed by atoms with E-state index in [0.29, 0.717) is 12.0 Å². The maximum Gasteiger partial charge on any atom is 0.123 e. The van der Waals surface area contributed by atoms with E-state index in [9.17, 15) is 4.39 Å². The summed E-state index contributed by atoms with van der Waals surface area (Å²) >= 11 is 0. The van der Waals surface area contributed by atoms with Gasteiger partial charge < -0.3 is 10.6 Å². The molecule has 1 saturated heterocycles. The lowest BCUT2D eigenvalue weighted by Crippen LogP contribution is -2.21. The van der Waals surface area contributed by atoms with Crippen molar-refractivity contribution < 1.29 is 4.39 Å². The van der Waals surface area contributed by atoms with Crippen LogP contribution in [0.3, 0.4) is 0 Å². The fourth-order valence-corrected chi connectivity index (χ4v) is 4.02. The molecule has 2 aliphatic heterocycles. The molecule has 2 aromatic carbocycles. The Labute approximate surface area is 130 Å². The van der Waals surface area contributed by atoms with Crippen LogP contribution < -0.4 is 10.6 Å². The SMILES string of the molecule is Cc1cc(F)ccc1-c1cccc2c1[C@H]1CCNCC[C@@H]1N2. The molecule has 1 fully saturated rings. The van der Waals surface area contributed by atoms with E-state index in [-0.39, 0.29) is 5.82 Å². The molecule has 114 valence electrons. The Hall–Kier alpha value is -1.87. The van der Waals surface area contributed by atoms with Crippen molar-refractivity contribution in [2.45, 2.75) is 31.7 Å². The summed E-state index contributed by atoms with van der Waals surface area (Å²) in [5.41, 5.74) is 6.10. The highest BCUT2D eigenvalue weighted by molar-refractivity contribution is 5.79. The van der Waals surface area contributed by atoms with E-state index < -0.39 is 0 Å². The van der Waals surface area contributed by atoms with Crippen LogP contribution in [0.1, 0.15) is 29.9 Å². The van der Waals surface area contributed by atoms with Crippen molar-refractivity contribution in [3.05, 3.63) is 53.3 Å². The van der Waals surface area contributed by atoms with Crippen molar-refractivity contribution >= 4 is 5.69 Å². The van der Waals surface area contributed by atoms with Gasteiger partial charge in [-0.3, -0.25) is 0 Å². The predicted octanol–water partition coefficient (Wildman–Crippen LogP) is 4.06. The van der Waals surface area contributed by atoms with Gasteiger partial charge in [-0.05, 0) is 73.3 Å². The Balaban J connectivity index is 1.84. The van der Waals surface area contributed by atoms with Crippen LogP contribution in [-0.2, 0) is 0 Å². The van der Waals surface area contributed by atoms with Crippen molar-refractivity contribution in [3.8, 4) is 11.1 Å².